The van der Waals surface area contributed by atoms with Gasteiger partial charge >= 0.3 is 0 Å². The second-order valence-corrected chi connectivity index (χ2v) is 5.11. The van der Waals surface area contributed by atoms with Crippen molar-refractivity contribution < 1.29 is 5.11 Å². The zero-order chi connectivity index (χ0) is 12.8. The van der Waals surface area contributed by atoms with Crippen molar-refractivity contribution >= 4 is 17.4 Å². The van der Waals surface area contributed by atoms with Crippen molar-refractivity contribution in [1.29, 1.82) is 5.26 Å². The maximum Gasteiger partial charge on any atom is 0.0994 e. The highest BCUT2D eigenvalue weighted by Gasteiger charge is 2.14. The Labute approximate surface area is 107 Å². The summed E-state index contributed by atoms with van der Waals surface area (Å²) in [6, 6.07) is 8.01. The second-order valence-electron chi connectivity index (χ2n) is 4.03. The van der Waals surface area contributed by atoms with Crippen molar-refractivity contribution in [2.24, 2.45) is 0 Å². The third-order valence-corrected chi connectivity index (χ3v) is 3.94. The molecule has 2 N–H and O–H groups in total. The van der Waals surface area contributed by atoms with Crippen LogP contribution in [0.5, 0.6) is 0 Å². The fraction of sp³-hybridized carbons (Fsp3) is 0.462. The molecule has 0 saturated heterocycles. The largest absolute Gasteiger partial charge is 0.395 e. The molecule has 0 spiro atoms. The van der Waals surface area contributed by atoms with Crippen LogP contribution in [0.1, 0.15) is 18.1 Å². The number of thioether (sulfide) groups is 1. The minimum atomic E-state index is 0.157. The van der Waals surface area contributed by atoms with E-state index in [0.717, 1.165) is 11.3 Å². The first-order valence-electron chi connectivity index (χ1n) is 5.53. The van der Waals surface area contributed by atoms with Gasteiger partial charge in [0.15, 0.2) is 0 Å². The van der Waals surface area contributed by atoms with Crippen molar-refractivity contribution in [2.75, 3.05) is 18.2 Å². The fourth-order valence-corrected chi connectivity index (χ4v) is 2.30. The molecule has 0 aliphatic rings. The molecule has 92 valence electrons. The van der Waals surface area contributed by atoms with Gasteiger partial charge in [0.25, 0.3) is 0 Å². The topological polar surface area (TPSA) is 56.0 Å². The van der Waals surface area contributed by atoms with E-state index in [1.165, 1.54) is 0 Å². The predicted octanol–water partition coefficient (Wildman–Crippen LogP) is 2.39. The maximum atomic E-state index is 9.21. The Bertz CT molecular complexity index is 410. The molecule has 0 fully saturated rings. The Balaban J connectivity index is 2.76. The van der Waals surface area contributed by atoms with Gasteiger partial charge in [-0.25, -0.2) is 0 Å². The maximum absolute atomic E-state index is 9.21. The molecular formula is C13H18N2OS. The quantitative estimate of drug-likeness (QED) is 0.842. The summed E-state index contributed by atoms with van der Waals surface area (Å²) in [5.41, 5.74) is 2.66. The van der Waals surface area contributed by atoms with Crippen LogP contribution in [-0.4, -0.2) is 29.3 Å². The van der Waals surface area contributed by atoms with Crippen molar-refractivity contribution in [2.45, 2.75) is 25.1 Å². The summed E-state index contributed by atoms with van der Waals surface area (Å²) in [6.45, 7) is 4.13. The first-order valence-corrected chi connectivity index (χ1v) is 6.82. The number of aliphatic hydroxyl groups is 1. The summed E-state index contributed by atoms with van der Waals surface area (Å²) < 4.78 is 0. The molecule has 0 saturated carbocycles. The van der Waals surface area contributed by atoms with E-state index in [4.69, 9.17) is 5.26 Å². The van der Waals surface area contributed by atoms with Crippen LogP contribution in [0.2, 0.25) is 0 Å². The van der Waals surface area contributed by atoms with Crippen LogP contribution < -0.4 is 5.32 Å². The van der Waals surface area contributed by atoms with Crippen molar-refractivity contribution in [3.8, 4) is 6.07 Å². The standard InChI is InChI=1S/C13H18N2OS/c1-9-6-12(5-4-11(9)7-14)15-10(2)13(8-16)17-3/h4-6,10,13,15-16H,8H2,1-3H3. The normalized spacial score (nSPS) is 13.8. The summed E-state index contributed by atoms with van der Waals surface area (Å²) in [5, 5.41) is 21.6. The molecule has 0 aliphatic heterocycles. The van der Waals surface area contributed by atoms with E-state index in [0.29, 0.717) is 5.56 Å². The highest BCUT2D eigenvalue weighted by molar-refractivity contribution is 7.99. The number of hydrogen-bond acceptors (Lipinski definition) is 4. The highest BCUT2D eigenvalue weighted by Crippen LogP contribution is 2.18. The predicted molar refractivity (Wildman–Crippen MR) is 73.4 cm³/mol. The van der Waals surface area contributed by atoms with Gasteiger partial charge in [-0.15, -0.1) is 0 Å². The molecule has 2 unspecified atom stereocenters. The number of anilines is 1. The van der Waals surface area contributed by atoms with E-state index >= 15 is 0 Å². The number of hydrogen-bond donors (Lipinski definition) is 2. The molecule has 0 aliphatic carbocycles. The molecule has 0 amide bonds. The summed E-state index contributed by atoms with van der Waals surface area (Å²) >= 11 is 1.64. The Morgan fingerprint density at radius 3 is 2.71 bits per heavy atom. The Morgan fingerprint density at radius 1 is 1.53 bits per heavy atom. The van der Waals surface area contributed by atoms with E-state index < -0.39 is 0 Å². The van der Waals surface area contributed by atoms with E-state index in [2.05, 4.69) is 11.4 Å². The van der Waals surface area contributed by atoms with Crippen LogP contribution in [0.3, 0.4) is 0 Å². The molecule has 0 heterocycles. The van der Waals surface area contributed by atoms with Gasteiger partial charge < -0.3 is 10.4 Å². The summed E-state index contributed by atoms with van der Waals surface area (Å²) in [6.07, 6.45) is 1.99. The third-order valence-electron chi connectivity index (χ3n) is 2.78. The van der Waals surface area contributed by atoms with Crippen molar-refractivity contribution in [3.05, 3.63) is 29.3 Å². The zero-order valence-electron chi connectivity index (χ0n) is 10.4. The molecule has 1 aromatic carbocycles. The van der Waals surface area contributed by atoms with Gasteiger partial charge in [-0.1, -0.05) is 0 Å². The molecule has 0 radical (unpaired) electrons. The summed E-state index contributed by atoms with van der Waals surface area (Å²) in [4.78, 5) is 0. The van der Waals surface area contributed by atoms with Gasteiger partial charge in [0.1, 0.15) is 0 Å². The highest BCUT2D eigenvalue weighted by atomic mass is 32.2. The smallest absolute Gasteiger partial charge is 0.0994 e. The van der Waals surface area contributed by atoms with E-state index in [1.807, 2.05) is 38.3 Å². The lowest BCUT2D eigenvalue weighted by Crippen LogP contribution is -2.30. The molecule has 1 rings (SSSR count). The van der Waals surface area contributed by atoms with Gasteiger partial charge in [0, 0.05) is 17.0 Å². The lowest BCUT2D eigenvalue weighted by atomic mass is 10.1. The first kappa shape index (κ1) is 13.9. The van der Waals surface area contributed by atoms with Crippen LogP contribution in [0.4, 0.5) is 5.69 Å². The van der Waals surface area contributed by atoms with Gasteiger partial charge in [0.2, 0.25) is 0 Å². The van der Waals surface area contributed by atoms with E-state index in [1.54, 1.807) is 11.8 Å². The lowest BCUT2D eigenvalue weighted by molar-refractivity contribution is 0.288. The minimum Gasteiger partial charge on any atom is -0.395 e. The van der Waals surface area contributed by atoms with Crippen molar-refractivity contribution in [3.63, 3.8) is 0 Å². The Kier molecular flexibility index (Phi) is 5.33. The lowest BCUT2D eigenvalue weighted by Gasteiger charge is -2.22. The number of aryl methyl sites for hydroxylation is 1. The summed E-state index contributed by atoms with van der Waals surface area (Å²) in [5.74, 6) is 0. The van der Waals surface area contributed by atoms with Crippen LogP contribution >= 0.6 is 11.8 Å². The van der Waals surface area contributed by atoms with E-state index in [9.17, 15) is 5.11 Å². The average Bonchev–Trinajstić information content (AvgIpc) is 2.31. The average molecular weight is 250 g/mol. The van der Waals surface area contributed by atoms with Crippen LogP contribution in [0.25, 0.3) is 0 Å². The van der Waals surface area contributed by atoms with Gasteiger partial charge in [0.05, 0.1) is 18.2 Å². The molecule has 2 atom stereocenters. The Hall–Kier alpha value is -1.18. The fourth-order valence-electron chi connectivity index (χ4n) is 1.67. The number of nitriles is 1. The molecule has 0 aromatic heterocycles. The first-order chi connectivity index (χ1) is 8.12. The van der Waals surface area contributed by atoms with E-state index in [-0.39, 0.29) is 17.9 Å². The molecule has 17 heavy (non-hydrogen) atoms. The third kappa shape index (κ3) is 3.65. The minimum absolute atomic E-state index is 0.157. The number of nitrogens with zero attached hydrogens (tertiary/aromatic N) is 1. The summed E-state index contributed by atoms with van der Waals surface area (Å²) in [7, 11) is 0. The molecule has 0 bridgehead atoms. The SMILES string of the molecule is CSC(CO)C(C)Nc1ccc(C#N)c(C)c1. The van der Waals surface area contributed by atoms with Gasteiger partial charge in [-0.2, -0.15) is 17.0 Å². The molecule has 4 heteroatoms. The van der Waals surface area contributed by atoms with Crippen molar-refractivity contribution in [1.82, 2.24) is 0 Å². The van der Waals surface area contributed by atoms with Gasteiger partial charge in [-0.05, 0) is 43.9 Å². The number of benzene rings is 1. The van der Waals surface area contributed by atoms with Crippen LogP contribution in [0, 0.1) is 18.3 Å². The number of rotatable bonds is 5. The Morgan fingerprint density at radius 2 is 2.24 bits per heavy atom. The molecular weight excluding hydrogens is 232 g/mol. The zero-order valence-corrected chi connectivity index (χ0v) is 11.2. The van der Waals surface area contributed by atoms with Gasteiger partial charge in [-0.3, -0.25) is 0 Å². The van der Waals surface area contributed by atoms with Crippen LogP contribution in [0.15, 0.2) is 18.2 Å². The second kappa shape index (κ2) is 6.53. The molecule has 1 aromatic rings. The number of aliphatic hydroxyl groups excluding tert-OH is 1. The monoisotopic (exact) mass is 250 g/mol. The number of nitrogens with one attached hydrogen (secondary N) is 1. The molecule has 3 nitrogen and oxygen atoms in total. The van der Waals surface area contributed by atoms with Crippen LogP contribution in [-0.2, 0) is 0 Å².